The summed E-state index contributed by atoms with van der Waals surface area (Å²) in [5.74, 6) is 1.62. The normalized spacial score (nSPS) is 15.2. The first-order valence-corrected chi connectivity index (χ1v) is 6.98. The Hall–Kier alpha value is -2.29. The third kappa shape index (κ3) is 2.51. The molecule has 0 N–H and O–H groups in total. The first-order chi connectivity index (χ1) is 10.0. The predicted molar refractivity (Wildman–Crippen MR) is 82.2 cm³/mol. The van der Waals surface area contributed by atoms with Crippen molar-refractivity contribution in [2.75, 3.05) is 7.11 Å². The summed E-state index contributed by atoms with van der Waals surface area (Å²) in [6.07, 6.45) is 1.74. The number of hydrogen-bond donors (Lipinski definition) is 0. The molecule has 3 rings (SSSR count). The van der Waals surface area contributed by atoms with Gasteiger partial charge in [0.25, 0.3) is 0 Å². The molecule has 0 unspecified atom stereocenters. The van der Waals surface area contributed by atoms with Crippen LogP contribution in [0, 0.1) is 0 Å². The number of methoxy groups -OCH3 is 1. The predicted octanol–water partition coefficient (Wildman–Crippen LogP) is 3.89. The fourth-order valence-corrected chi connectivity index (χ4v) is 2.81. The Bertz CT molecular complexity index is 702. The average molecular weight is 282 g/mol. The van der Waals surface area contributed by atoms with Crippen LogP contribution in [0.15, 0.2) is 36.4 Å². The average Bonchev–Trinajstić information content (AvgIpc) is 2.79. The van der Waals surface area contributed by atoms with Crippen molar-refractivity contribution < 1.29 is 14.3 Å². The second kappa shape index (κ2) is 4.92. The number of hydrogen-bond acceptors (Lipinski definition) is 3. The van der Waals surface area contributed by atoms with Crippen LogP contribution < -0.4 is 9.47 Å². The summed E-state index contributed by atoms with van der Waals surface area (Å²) < 4.78 is 11.1. The molecular formula is C18H18O3. The van der Waals surface area contributed by atoms with Crippen LogP contribution in [0.2, 0.25) is 0 Å². The largest absolute Gasteiger partial charge is 0.497 e. The molecule has 1 heterocycles. The number of fused-ring (bicyclic) bond motifs is 1. The van der Waals surface area contributed by atoms with Gasteiger partial charge in [-0.1, -0.05) is 6.07 Å². The Morgan fingerprint density at radius 1 is 1.19 bits per heavy atom. The first-order valence-electron chi connectivity index (χ1n) is 6.98. The van der Waals surface area contributed by atoms with E-state index in [0.717, 1.165) is 29.6 Å². The highest BCUT2D eigenvalue weighted by Gasteiger charge is 2.30. The lowest BCUT2D eigenvalue weighted by Gasteiger charge is -2.16. The summed E-state index contributed by atoms with van der Waals surface area (Å²) >= 11 is 0. The third-order valence-corrected chi connectivity index (χ3v) is 3.76. The number of benzene rings is 2. The molecule has 3 heteroatoms. The molecule has 0 fully saturated rings. The van der Waals surface area contributed by atoms with Gasteiger partial charge >= 0.3 is 0 Å². The molecule has 0 saturated heterocycles. The molecule has 2 aromatic rings. The van der Waals surface area contributed by atoms with Crippen molar-refractivity contribution in [1.82, 2.24) is 0 Å². The first kappa shape index (κ1) is 13.7. The van der Waals surface area contributed by atoms with Crippen molar-refractivity contribution >= 4 is 6.29 Å². The zero-order chi connectivity index (χ0) is 15.0. The monoisotopic (exact) mass is 282 g/mol. The fraction of sp³-hybridized carbons (Fsp3) is 0.278. The maximum atomic E-state index is 11.3. The van der Waals surface area contributed by atoms with Crippen LogP contribution in [-0.2, 0) is 6.42 Å². The molecule has 21 heavy (non-hydrogen) atoms. The summed E-state index contributed by atoms with van der Waals surface area (Å²) in [6.45, 7) is 4.16. The summed E-state index contributed by atoms with van der Waals surface area (Å²) in [4.78, 5) is 11.3. The van der Waals surface area contributed by atoms with E-state index >= 15 is 0 Å². The van der Waals surface area contributed by atoms with Crippen molar-refractivity contribution in [2.24, 2.45) is 0 Å². The van der Waals surface area contributed by atoms with Gasteiger partial charge in [0.2, 0.25) is 0 Å². The molecule has 0 spiro atoms. The molecule has 1 aliphatic heterocycles. The molecule has 1 aliphatic rings. The quantitative estimate of drug-likeness (QED) is 0.801. The fourth-order valence-electron chi connectivity index (χ4n) is 2.81. The van der Waals surface area contributed by atoms with E-state index in [2.05, 4.69) is 19.9 Å². The number of aldehydes is 1. The molecule has 0 aliphatic carbocycles. The third-order valence-electron chi connectivity index (χ3n) is 3.76. The van der Waals surface area contributed by atoms with Crippen LogP contribution in [0.25, 0.3) is 11.1 Å². The SMILES string of the molecule is COc1ccc(-c2ccc3c(c2)CC(C)(C)O3)c(C=O)c1. The van der Waals surface area contributed by atoms with Crippen LogP contribution in [0.1, 0.15) is 29.8 Å². The van der Waals surface area contributed by atoms with E-state index in [-0.39, 0.29) is 5.60 Å². The highest BCUT2D eigenvalue weighted by molar-refractivity contribution is 5.88. The lowest BCUT2D eigenvalue weighted by atomic mass is 9.95. The Morgan fingerprint density at radius 3 is 2.71 bits per heavy atom. The van der Waals surface area contributed by atoms with Gasteiger partial charge in [0.05, 0.1) is 7.11 Å². The van der Waals surface area contributed by atoms with Crippen molar-refractivity contribution in [2.45, 2.75) is 25.9 Å². The Morgan fingerprint density at radius 2 is 2.00 bits per heavy atom. The van der Waals surface area contributed by atoms with E-state index in [1.54, 1.807) is 13.2 Å². The van der Waals surface area contributed by atoms with E-state index in [1.807, 2.05) is 24.3 Å². The lowest BCUT2D eigenvalue weighted by molar-refractivity contribution is 0.112. The molecule has 3 nitrogen and oxygen atoms in total. The van der Waals surface area contributed by atoms with Crippen molar-refractivity contribution in [1.29, 1.82) is 0 Å². The number of carbonyl (C=O) groups excluding carboxylic acids is 1. The van der Waals surface area contributed by atoms with Crippen molar-refractivity contribution in [3.05, 3.63) is 47.5 Å². The van der Waals surface area contributed by atoms with Gasteiger partial charge in [0, 0.05) is 12.0 Å². The molecule has 0 atom stereocenters. The number of ether oxygens (including phenoxy) is 2. The number of rotatable bonds is 3. The Balaban J connectivity index is 2.05. The minimum Gasteiger partial charge on any atom is -0.497 e. The van der Waals surface area contributed by atoms with Crippen LogP contribution in [0.5, 0.6) is 11.5 Å². The van der Waals surface area contributed by atoms with Gasteiger partial charge in [0.15, 0.2) is 6.29 Å². The summed E-state index contributed by atoms with van der Waals surface area (Å²) in [5.41, 5.74) is 3.60. The molecule has 0 bridgehead atoms. The minimum atomic E-state index is -0.158. The van der Waals surface area contributed by atoms with E-state index in [1.165, 1.54) is 5.56 Å². The zero-order valence-electron chi connectivity index (χ0n) is 12.5. The van der Waals surface area contributed by atoms with Gasteiger partial charge in [0.1, 0.15) is 17.1 Å². The molecule has 0 amide bonds. The zero-order valence-corrected chi connectivity index (χ0v) is 12.5. The van der Waals surface area contributed by atoms with Gasteiger partial charge in [-0.15, -0.1) is 0 Å². The Labute approximate surface area is 124 Å². The van der Waals surface area contributed by atoms with Gasteiger partial charge in [-0.3, -0.25) is 4.79 Å². The summed E-state index contributed by atoms with van der Waals surface area (Å²) in [7, 11) is 1.60. The van der Waals surface area contributed by atoms with Crippen LogP contribution in [0.4, 0.5) is 0 Å². The molecule has 108 valence electrons. The maximum Gasteiger partial charge on any atom is 0.150 e. The van der Waals surface area contributed by atoms with Crippen LogP contribution in [-0.4, -0.2) is 19.0 Å². The van der Waals surface area contributed by atoms with Crippen molar-refractivity contribution in [3.8, 4) is 22.6 Å². The highest BCUT2D eigenvalue weighted by atomic mass is 16.5. The van der Waals surface area contributed by atoms with Crippen LogP contribution >= 0.6 is 0 Å². The standard InChI is InChI=1S/C18H18O3/c1-18(2)10-13-8-12(4-7-17(13)21-18)16-6-5-15(20-3)9-14(16)11-19/h4-9,11H,10H2,1-3H3. The highest BCUT2D eigenvalue weighted by Crippen LogP contribution is 2.38. The summed E-state index contributed by atoms with van der Waals surface area (Å²) in [6, 6.07) is 11.6. The van der Waals surface area contributed by atoms with E-state index in [9.17, 15) is 4.79 Å². The molecular weight excluding hydrogens is 264 g/mol. The summed E-state index contributed by atoms with van der Waals surface area (Å²) in [5, 5.41) is 0. The second-order valence-electron chi connectivity index (χ2n) is 5.93. The van der Waals surface area contributed by atoms with Gasteiger partial charge in [-0.2, -0.15) is 0 Å². The van der Waals surface area contributed by atoms with Gasteiger partial charge in [-0.25, -0.2) is 0 Å². The Kier molecular flexibility index (Phi) is 3.20. The van der Waals surface area contributed by atoms with Gasteiger partial charge < -0.3 is 9.47 Å². The minimum absolute atomic E-state index is 0.158. The van der Waals surface area contributed by atoms with E-state index in [0.29, 0.717) is 11.3 Å². The molecule has 0 saturated carbocycles. The number of carbonyl (C=O) groups is 1. The van der Waals surface area contributed by atoms with Gasteiger partial charge in [-0.05, 0) is 60.9 Å². The maximum absolute atomic E-state index is 11.3. The van der Waals surface area contributed by atoms with Crippen LogP contribution in [0.3, 0.4) is 0 Å². The van der Waals surface area contributed by atoms with Crippen molar-refractivity contribution in [3.63, 3.8) is 0 Å². The topological polar surface area (TPSA) is 35.5 Å². The lowest BCUT2D eigenvalue weighted by Crippen LogP contribution is -2.24. The van der Waals surface area contributed by atoms with E-state index in [4.69, 9.17) is 9.47 Å². The molecule has 2 aromatic carbocycles. The molecule has 0 radical (unpaired) electrons. The molecule has 0 aromatic heterocycles. The smallest absolute Gasteiger partial charge is 0.150 e. The second-order valence-corrected chi connectivity index (χ2v) is 5.93. The van der Waals surface area contributed by atoms with E-state index < -0.39 is 0 Å².